The highest BCUT2D eigenvalue weighted by Gasteiger charge is 2.30. The van der Waals surface area contributed by atoms with E-state index in [2.05, 4.69) is 15.0 Å². The van der Waals surface area contributed by atoms with E-state index in [1.54, 1.807) is 6.92 Å². The van der Waals surface area contributed by atoms with Crippen molar-refractivity contribution < 1.29 is 27.8 Å². The van der Waals surface area contributed by atoms with Crippen LogP contribution >= 0.6 is 0 Å². The first-order valence-electron chi connectivity index (χ1n) is 7.22. The number of nitrogens with zero attached hydrogens (tertiary/aromatic N) is 1. The topological polar surface area (TPSA) is 71.5 Å². The van der Waals surface area contributed by atoms with Crippen molar-refractivity contribution in [1.82, 2.24) is 10.3 Å². The van der Waals surface area contributed by atoms with Gasteiger partial charge in [-0.1, -0.05) is 20.3 Å². The number of pyridine rings is 1. The summed E-state index contributed by atoms with van der Waals surface area (Å²) in [5.74, 6) is -1.11. The predicted octanol–water partition coefficient (Wildman–Crippen LogP) is 2.55. The Kier molecular flexibility index (Phi) is 6.37. The van der Waals surface area contributed by atoms with Gasteiger partial charge in [0.2, 0.25) is 5.88 Å². The highest BCUT2D eigenvalue weighted by atomic mass is 19.4. The maximum absolute atomic E-state index is 12.2. The molecule has 0 aliphatic heterocycles. The third-order valence-electron chi connectivity index (χ3n) is 3.67. The molecule has 0 aliphatic rings. The van der Waals surface area contributed by atoms with E-state index in [0.29, 0.717) is 0 Å². The van der Waals surface area contributed by atoms with Gasteiger partial charge in [-0.2, -0.15) is 13.2 Å². The van der Waals surface area contributed by atoms with Gasteiger partial charge in [-0.3, -0.25) is 4.79 Å². The standard InChI is InChI=1S/C15H21F3N2O3/c1-4-10(2)14(3,22)8-20-12(21)11-6-5-7-19-13(11)23-9-15(16,17)18/h5-7,10,22H,4,8-9H2,1-3H3,(H,20,21). The van der Waals surface area contributed by atoms with E-state index in [1.165, 1.54) is 18.3 Å². The van der Waals surface area contributed by atoms with Crippen LogP contribution in [0.15, 0.2) is 18.3 Å². The Morgan fingerprint density at radius 2 is 2.13 bits per heavy atom. The number of rotatable bonds is 7. The molecule has 0 saturated carbocycles. The number of alkyl halides is 3. The molecule has 1 rings (SSSR count). The van der Waals surface area contributed by atoms with E-state index in [4.69, 9.17) is 0 Å². The number of hydrogen-bond acceptors (Lipinski definition) is 4. The molecular formula is C15H21F3N2O3. The van der Waals surface area contributed by atoms with E-state index in [0.717, 1.165) is 6.42 Å². The summed E-state index contributed by atoms with van der Waals surface area (Å²) in [5.41, 5.74) is -1.24. The zero-order chi connectivity index (χ0) is 17.7. The fourth-order valence-electron chi connectivity index (χ4n) is 1.80. The van der Waals surface area contributed by atoms with Crippen LogP contribution in [-0.2, 0) is 0 Å². The van der Waals surface area contributed by atoms with Crippen molar-refractivity contribution in [2.24, 2.45) is 5.92 Å². The molecular weight excluding hydrogens is 313 g/mol. The van der Waals surface area contributed by atoms with Gasteiger partial charge in [-0.25, -0.2) is 4.98 Å². The largest absolute Gasteiger partial charge is 0.467 e. The SMILES string of the molecule is CCC(C)C(C)(O)CNC(=O)c1cccnc1OCC(F)(F)F. The minimum atomic E-state index is -4.52. The van der Waals surface area contributed by atoms with Gasteiger partial charge in [0, 0.05) is 12.7 Å². The third-order valence-corrected chi connectivity index (χ3v) is 3.67. The highest BCUT2D eigenvalue weighted by molar-refractivity contribution is 5.96. The lowest BCUT2D eigenvalue weighted by Crippen LogP contribution is -2.45. The van der Waals surface area contributed by atoms with E-state index in [-0.39, 0.29) is 18.0 Å². The maximum atomic E-state index is 12.2. The second kappa shape index (κ2) is 7.63. The van der Waals surface area contributed by atoms with Crippen molar-refractivity contribution >= 4 is 5.91 Å². The Bertz CT molecular complexity index is 533. The molecule has 5 nitrogen and oxygen atoms in total. The van der Waals surface area contributed by atoms with Crippen molar-refractivity contribution in [2.75, 3.05) is 13.2 Å². The second-order valence-electron chi connectivity index (χ2n) is 5.61. The fourth-order valence-corrected chi connectivity index (χ4v) is 1.80. The van der Waals surface area contributed by atoms with Crippen molar-refractivity contribution in [3.8, 4) is 5.88 Å². The van der Waals surface area contributed by atoms with Crippen molar-refractivity contribution in [3.63, 3.8) is 0 Å². The second-order valence-corrected chi connectivity index (χ2v) is 5.61. The lowest BCUT2D eigenvalue weighted by molar-refractivity contribution is -0.154. The molecule has 2 N–H and O–H groups in total. The van der Waals surface area contributed by atoms with Gasteiger partial charge in [0.05, 0.1) is 5.60 Å². The third kappa shape index (κ3) is 6.05. The molecule has 0 aliphatic carbocycles. The molecule has 0 saturated heterocycles. The number of carbonyl (C=O) groups is 1. The van der Waals surface area contributed by atoms with Crippen LogP contribution in [0.5, 0.6) is 5.88 Å². The summed E-state index contributed by atoms with van der Waals surface area (Å²) in [5, 5.41) is 12.7. The summed E-state index contributed by atoms with van der Waals surface area (Å²) in [6.45, 7) is 3.77. The normalized spacial score (nSPS) is 15.6. The molecule has 0 fully saturated rings. The van der Waals surface area contributed by atoms with Gasteiger partial charge in [-0.15, -0.1) is 0 Å². The maximum Gasteiger partial charge on any atom is 0.422 e. The first-order valence-corrected chi connectivity index (χ1v) is 7.22. The predicted molar refractivity (Wildman–Crippen MR) is 78.2 cm³/mol. The number of amides is 1. The number of halogens is 3. The quantitative estimate of drug-likeness (QED) is 0.804. The Morgan fingerprint density at radius 3 is 2.70 bits per heavy atom. The first-order chi connectivity index (χ1) is 10.6. The summed E-state index contributed by atoms with van der Waals surface area (Å²) in [6.07, 6.45) is -2.57. The van der Waals surface area contributed by atoms with Gasteiger partial charge in [0.15, 0.2) is 6.61 Å². The van der Waals surface area contributed by atoms with Gasteiger partial charge >= 0.3 is 6.18 Å². The van der Waals surface area contributed by atoms with Crippen LogP contribution in [0.1, 0.15) is 37.6 Å². The van der Waals surface area contributed by atoms with Gasteiger partial charge < -0.3 is 15.2 Å². The minimum Gasteiger partial charge on any atom is -0.467 e. The molecule has 1 heterocycles. The van der Waals surface area contributed by atoms with E-state index < -0.39 is 30.2 Å². The summed E-state index contributed by atoms with van der Waals surface area (Å²) >= 11 is 0. The average Bonchev–Trinajstić information content (AvgIpc) is 2.49. The molecule has 0 aromatic carbocycles. The fraction of sp³-hybridized carbons (Fsp3) is 0.600. The van der Waals surface area contributed by atoms with Crippen LogP contribution in [0.3, 0.4) is 0 Å². The van der Waals surface area contributed by atoms with Crippen molar-refractivity contribution in [1.29, 1.82) is 0 Å². The number of ether oxygens (including phenoxy) is 1. The minimum absolute atomic E-state index is 0.0333. The highest BCUT2D eigenvalue weighted by Crippen LogP contribution is 2.21. The van der Waals surface area contributed by atoms with Crippen molar-refractivity contribution in [2.45, 2.75) is 39.0 Å². The summed E-state index contributed by atoms with van der Waals surface area (Å²) in [6, 6.07) is 2.73. The first kappa shape index (κ1) is 19.2. The van der Waals surface area contributed by atoms with E-state index in [1.807, 2.05) is 13.8 Å². The lowest BCUT2D eigenvalue weighted by atomic mass is 9.88. The van der Waals surface area contributed by atoms with Crippen molar-refractivity contribution in [3.05, 3.63) is 23.9 Å². The Hall–Kier alpha value is -1.83. The molecule has 2 atom stereocenters. The molecule has 1 aromatic rings. The molecule has 0 radical (unpaired) electrons. The molecule has 1 amide bonds. The monoisotopic (exact) mass is 334 g/mol. The summed E-state index contributed by atoms with van der Waals surface area (Å²) in [4.78, 5) is 15.8. The summed E-state index contributed by atoms with van der Waals surface area (Å²) < 4.78 is 41.2. The molecule has 0 bridgehead atoms. The smallest absolute Gasteiger partial charge is 0.422 e. The van der Waals surface area contributed by atoms with Gasteiger partial charge in [-0.05, 0) is 25.0 Å². The zero-order valence-corrected chi connectivity index (χ0v) is 13.3. The summed E-state index contributed by atoms with van der Waals surface area (Å²) in [7, 11) is 0. The molecule has 2 unspecified atom stereocenters. The van der Waals surface area contributed by atoms with E-state index >= 15 is 0 Å². The van der Waals surface area contributed by atoms with E-state index in [9.17, 15) is 23.1 Å². The Labute approximate surface area is 132 Å². The van der Waals surface area contributed by atoms with Crippen LogP contribution in [0.25, 0.3) is 0 Å². The van der Waals surface area contributed by atoms with Gasteiger partial charge in [0.25, 0.3) is 5.91 Å². The van der Waals surface area contributed by atoms with Crippen LogP contribution in [0.4, 0.5) is 13.2 Å². The Balaban J connectivity index is 2.77. The molecule has 8 heteroatoms. The van der Waals surface area contributed by atoms with Gasteiger partial charge in [0.1, 0.15) is 5.56 Å². The number of carbonyl (C=O) groups excluding carboxylic acids is 1. The zero-order valence-electron chi connectivity index (χ0n) is 13.3. The number of nitrogens with one attached hydrogen (secondary N) is 1. The molecule has 130 valence electrons. The Morgan fingerprint density at radius 1 is 1.48 bits per heavy atom. The molecule has 23 heavy (non-hydrogen) atoms. The average molecular weight is 334 g/mol. The van der Waals surface area contributed by atoms with Crippen LogP contribution in [-0.4, -0.2) is 40.9 Å². The molecule has 1 aromatic heterocycles. The lowest BCUT2D eigenvalue weighted by Gasteiger charge is -2.29. The van der Waals surface area contributed by atoms with Crippen LogP contribution in [0.2, 0.25) is 0 Å². The van der Waals surface area contributed by atoms with Crippen LogP contribution in [0, 0.1) is 5.92 Å². The van der Waals surface area contributed by atoms with Crippen LogP contribution < -0.4 is 10.1 Å². The number of hydrogen-bond donors (Lipinski definition) is 2. The molecule has 0 spiro atoms. The number of aromatic nitrogens is 1. The number of aliphatic hydroxyl groups is 1.